The third-order valence-electron chi connectivity index (χ3n) is 3.27. The Bertz CT molecular complexity index is 608. The fourth-order valence-electron chi connectivity index (χ4n) is 2.08. The minimum atomic E-state index is -0.130. The molecule has 0 bridgehead atoms. The Balaban J connectivity index is 1.98. The quantitative estimate of drug-likeness (QED) is 0.881. The minimum absolute atomic E-state index is 0.0990. The molecule has 21 heavy (non-hydrogen) atoms. The largest absolute Gasteiger partial charge is 0.350 e. The summed E-state index contributed by atoms with van der Waals surface area (Å²) in [6.45, 7) is 6.58. The fourth-order valence-corrected chi connectivity index (χ4v) is 2.08. The highest BCUT2D eigenvalue weighted by molar-refractivity contribution is 5.94. The lowest BCUT2D eigenvalue weighted by molar-refractivity contribution is 0.0946. The zero-order valence-electron chi connectivity index (χ0n) is 12.7. The number of hydrogen-bond donors (Lipinski definition) is 1. The fraction of sp³-hybridized carbons (Fsp3) is 0.467. The number of amides is 1. The molecule has 0 aliphatic carbocycles. The monoisotopic (exact) mass is 287 g/mol. The van der Waals surface area contributed by atoms with Gasteiger partial charge in [0.25, 0.3) is 5.91 Å². The minimum Gasteiger partial charge on any atom is -0.350 e. The maximum Gasteiger partial charge on any atom is 0.254 e. The molecule has 2 rings (SSSR count). The highest BCUT2D eigenvalue weighted by atomic mass is 16.1. The van der Waals surface area contributed by atoms with E-state index in [0.29, 0.717) is 12.1 Å². The first-order valence-electron chi connectivity index (χ1n) is 7.19. The van der Waals surface area contributed by atoms with Crippen molar-refractivity contribution in [3.05, 3.63) is 41.7 Å². The lowest BCUT2D eigenvalue weighted by Crippen LogP contribution is -2.30. The van der Waals surface area contributed by atoms with Gasteiger partial charge in [-0.2, -0.15) is 5.10 Å². The lowest BCUT2D eigenvalue weighted by atomic mass is 10.1. The topological polar surface area (TPSA) is 72.7 Å². The van der Waals surface area contributed by atoms with Crippen LogP contribution >= 0.6 is 0 Å². The standard InChI is InChI=1S/C15H21N5O/c1-4-5-14-13(8-16-10-18-14)15(21)17-7-12(3)20-9-11(2)6-19-20/h6,8-10,12H,4-5,7H2,1-3H3,(H,17,21)/t12-/m1/s1. The van der Waals surface area contributed by atoms with Crippen molar-refractivity contribution >= 4 is 5.91 Å². The van der Waals surface area contributed by atoms with Crippen LogP contribution in [0.3, 0.4) is 0 Å². The Hall–Kier alpha value is -2.24. The van der Waals surface area contributed by atoms with Gasteiger partial charge >= 0.3 is 0 Å². The molecule has 2 aromatic heterocycles. The number of aromatic nitrogens is 4. The Morgan fingerprint density at radius 3 is 2.90 bits per heavy atom. The van der Waals surface area contributed by atoms with Crippen LogP contribution in [0.4, 0.5) is 0 Å². The van der Waals surface area contributed by atoms with E-state index in [4.69, 9.17) is 0 Å². The Kier molecular flexibility index (Phi) is 5.03. The second kappa shape index (κ2) is 6.97. The number of nitrogens with one attached hydrogen (secondary N) is 1. The number of aryl methyl sites for hydroxylation is 2. The lowest BCUT2D eigenvalue weighted by Gasteiger charge is -2.14. The molecule has 6 heteroatoms. The summed E-state index contributed by atoms with van der Waals surface area (Å²) in [5.41, 5.74) is 2.46. The summed E-state index contributed by atoms with van der Waals surface area (Å²) < 4.78 is 1.85. The maximum absolute atomic E-state index is 12.3. The summed E-state index contributed by atoms with van der Waals surface area (Å²) >= 11 is 0. The van der Waals surface area contributed by atoms with Crippen LogP contribution < -0.4 is 5.32 Å². The van der Waals surface area contributed by atoms with E-state index in [2.05, 4.69) is 27.3 Å². The van der Waals surface area contributed by atoms with Crippen molar-refractivity contribution in [2.75, 3.05) is 6.54 Å². The van der Waals surface area contributed by atoms with Gasteiger partial charge in [-0.3, -0.25) is 9.48 Å². The molecule has 1 N–H and O–H groups in total. The number of carbonyl (C=O) groups is 1. The van der Waals surface area contributed by atoms with Crippen molar-refractivity contribution in [3.8, 4) is 0 Å². The zero-order chi connectivity index (χ0) is 15.2. The van der Waals surface area contributed by atoms with Crippen LogP contribution in [0.5, 0.6) is 0 Å². The highest BCUT2D eigenvalue weighted by Gasteiger charge is 2.14. The first kappa shape index (κ1) is 15.2. The molecule has 1 amide bonds. The van der Waals surface area contributed by atoms with Crippen LogP contribution in [0.15, 0.2) is 24.9 Å². The first-order valence-corrected chi connectivity index (χ1v) is 7.19. The normalized spacial score (nSPS) is 12.1. The van der Waals surface area contributed by atoms with Gasteiger partial charge in [0.2, 0.25) is 0 Å². The summed E-state index contributed by atoms with van der Waals surface area (Å²) in [4.78, 5) is 20.4. The van der Waals surface area contributed by atoms with Crippen LogP contribution in [0.25, 0.3) is 0 Å². The molecular weight excluding hydrogens is 266 g/mol. The Labute approximate surface area is 124 Å². The van der Waals surface area contributed by atoms with Gasteiger partial charge in [0.15, 0.2) is 0 Å². The van der Waals surface area contributed by atoms with Crippen molar-refractivity contribution in [2.45, 2.75) is 39.7 Å². The number of rotatable bonds is 6. The van der Waals surface area contributed by atoms with Crippen LogP contribution in [0, 0.1) is 6.92 Å². The highest BCUT2D eigenvalue weighted by Crippen LogP contribution is 2.08. The molecule has 6 nitrogen and oxygen atoms in total. The van der Waals surface area contributed by atoms with Gasteiger partial charge in [-0.05, 0) is 25.8 Å². The zero-order valence-corrected chi connectivity index (χ0v) is 12.7. The molecule has 2 aromatic rings. The van der Waals surface area contributed by atoms with Crippen LogP contribution in [-0.2, 0) is 6.42 Å². The summed E-state index contributed by atoms with van der Waals surface area (Å²) in [7, 11) is 0. The molecule has 0 fully saturated rings. The predicted molar refractivity (Wildman–Crippen MR) is 80.0 cm³/mol. The SMILES string of the molecule is CCCc1ncncc1C(=O)NC[C@@H](C)n1cc(C)cn1. The molecule has 0 aliphatic heterocycles. The molecule has 0 saturated carbocycles. The summed E-state index contributed by atoms with van der Waals surface area (Å²) in [5.74, 6) is -0.130. The first-order chi connectivity index (χ1) is 10.1. The number of hydrogen-bond acceptors (Lipinski definition) is 4. The van der Waals surface area contributed by atoms with Gasteiger partial charge in [0, 0.05) is 18.9 Å². The Morgan fingerprint density at radius 2 is 2.24 bits per heavy atom. The van der Waals surface area contributed by atoms with Crippen LogP contribution in [0.1, 0.15) is 47.9 Å². The summed E-state index contributed by atoms with van der Waals surface area (Å²) in [5, 5.41) is 7.18. The van der Waals surface area contributed by atoms with Gasteiger partial charge in [-0.25, -0.2) is 9.97 Å². The summed E-state index contributed by atoms with van der Waals surface area (Å²) in [6, 6.07) is 0.0990. The molecule has 0 radical (unpaired) electrons. The van der Waals surface area contributed by atoms with Crippen LogP contribution in [0.2, 0.25) is 0 Å². The van der Waals surface area contributed by atoms with Gasteiger partial charge in [0.05, 0.1) is 23.5 Å². The van der Waals surface area contributed by atoms with Gasteiger partial charge in [0.1, 0.15) is 6.33 Å². The third-order valence-corrected chi connectivity index (χ3v) is 3.27. The molecule has 0 unspecified atom stereocenters. The number of carbonyl (C=O) groups excluding carboxylic acids is 1. The smallest absolute Gasteiger partial charge is 0.254 e. The average Bonchev–Trinajstić information content (AvgIpc) is 2.92. The molecular formula is C15H21N5O. The van der Waals surface area contributed by atoms with E-state index in [0.717, 1.165) is 24.1 Å². The molecule has 0 spiro atoms. The second-order valence-corrected chi connectivity index (χ2v) is 5.19. The molecule has 0 aliphatic rings. The number of nitrogens with zero attached hydrogens (tertiary/aromatic N) is 4. The van der Waals surface area contributed by atoms with Crippen molar-refractivity contribution in [3.63, 3.8) is 0 Å². The van der Waals surface area contributed by atoms with E-state index < -0.39 is 0 Å². The van der Waals surface area contributed by atoms with E-state index in [1.807, 2.05) is 30.9 Å². The Morgan fingerprint density at radius 1 is 1.43 bits per heavy atom. The van der Waals surface area contributed by atoms with E-state index >= 15 is 0 Å². The van der Waals surface area contributed by atoms with Crippen molar-refractivity contribution in [1.29, 1.82) is 0 Å². The van der Waals surface area contributed by atoms with Gasteiger partial charge in [-0.15, -0.1) is 0 Å². The van der Waals surface area contributed by atoms with Crippen LogP contribution in [-0.4, -0.2) is 32.2 Å². The van der Waals surface area contributed by atoms with Crippen molar-refractivity contribution in [1.82, 2.24) is 25.1 Å². The molecule has 1 atom stereocenters. The second-order valence-electron chi connectivity index (χ2n) is 5.19. The van der Waals surface area contributed by atoms with E-state index in [-0.39, 0.29) is 11.9 Å². The van der Waals surface area contributed by atoms with Crippen molar-refractivity contribution < 1.29 is 4.79 Å². The predicted octanol–water partition coefficient (Wildman–Crippen LogP) is 1.93. The third kappa shape index (κ3) is 3.87. The van der Waals surface area contributed by atoms with Gasteiger partial charge in [-0.1, -0.05) is 13.3 Å². The van der Waals surface area contributed by atoms with E-state index in [1.165, 1.54) is 6.33 Å². The average molecular weight is 287 g/mol. The molecule has 0 saturated heterocycles. The van der Waals surface area contributed by atoms with E-state index in [1.54, 1.807) is 6.20 Å². The van der Waals surface area contributed by atoms with Crippen molar-refractivity contribution in [2.24, 2.45) is 0 Å². The van der Waals surface area contributed by atoms with E-state index in [9.17, 15) is 4.79 Å². The molecule has 2 heterocycles. The van der Waals surface area contributed by atoms with Gasteiger partial charge < -0.3 is 5.32 Å². The maximum atomic E-state index is 12.3. The summed E-state index contributed by atoms with van der Waals surface area (Å²) in [6.07, 6.45) is 8.56. The molecule has 112 valence electrons. The molecule has 0 aromatic carbocycles.